The molecule has 3 rings (SSSR count). The van der Waals surface area contributed by atoms with E-state index in [9.17, 15) is 18.0 Å². The number of carbonyl (C=O) groups is 1. The predicted molar refractivity (Wildman–Crippen MR) is 79.0 cm³/mol. The van der Waals surface area contributed by atoms with Gasteiger partial charge in [0.2, 0.25) is 0 Å². The molecule has 1 aliphatic heterocycles. The van der Waals surface area contributed by atoms with Crippen LogP contribution in [0.15, 0.2) is 30.6 Å². The Hall–Kier alpha value is -2.42. The van der Waals surface area contributed by atoms with Crippen molar-refractivity contribution in [2.24, 2.45) is 0 Å². The summed E-state index contributed by atoms with van der Waals surface area (Å²) in [6.45, 7) is 2.46. The minimum atomic E-state index is -4.54. The van der Waals surface area contributed by atoms with Crippen molar-refractivity contribution >= 4 is 5.91 Å². The van der Waals surface area contributed by atoms with Crippen molar-refractivity contribution in [3.8, 4) is 0 Å². The number of benzene rings is 1. The number of nitrogens with zero attached hydrogens (tertiary/aromatic N) is 4. The van der Waals surface area contributed by atoms with Gasteiger partial charge in [0.1, 0.15) is 12.2 Å². The first kappa shape index (κ1) is 16.4. The molecule has 0 saturated carbocycles. The molecule has 1 aromatic heterocycles. The number of halogens is 3. The standard InChI is InChI=1S/C15H16F3N5O/c16-15(17,18)12-4-2-1-3-11(12)14(24)23-7-5-22(6-8-23)9-13-19-10-20-21-13/h1-4,10H,5-9H2,(H,19,20,21). The van der Waals surface area contributed by atoms with Gasteiger partial charge in [-0.15, -0.1) is 0 Å². The van der Waals surface area contributed by atoms with Crippen LogP contribution in [0.3, 0.4) is 0 Å². The van der Waals surface area contributed by atoms with Gasteiger partial charge in [0, 0.05) is 26.2 Å². The van der Waals surface area contributed by atoms with Crippen molar-refractivity contribution in [2.45, 2.75) is 12.7 Å². The molecular weight excluding hydrogens is 323 g/mol. The molecule has 0 radical (unpaired) electrons. The lowest BCUT2D eigenvalue weighted by molar-refractivity contribution is -0.138. The number of hydrogen-bond acceptors (Lipinski definition) is 4. The molecule has 6 nitrogen and oxygen atoms in total. The number of hydrogen-bond donors (Lipinski definition) is 1. The van der Waals surface area contributed by atoms with Crippen molar-refractivity contribution in [1.29, 1.82) is 0 Å². The number of rotatable bonds is 3. The number of alkyl halides is 3. The van der Waals surface area contributed by atoms with Crippen LogP contribution in [0.25, 0.3) is 0 Å². The fourth-order valence-electron chi connectivity index (χ4n) is 2.72. The quantitative estimate of drug-likeness (QED) is 0.926. The Morgan fingerprint density at radius 3 is 2.50 bits per heavy atom. The van der Waals surface area contributed by atoms with Crippen LogP contribution < -0.4 is 0 Å². The Labute approximate surface area is 136 Å². The summed E-state index contributed by atoms with van der Waals surface area (Å²) >= 11 is 0. The first-order chi connectivity index (χ1) is 11.4. The van der Waals surface area contributed by atoms with Crippen LogP contribution >= 0.6 is 0 Å². The van der Waals surface area contributed by atoms with Crippen LogP contribution in [-0.4, -0.2) is 57.1 Å². The maximum Gasteiger partial charge on any atom is 0.417 e. The van der Waals surface area contributed by atoms with Crippen molar-refractivity contribution in [1.82, 2.24) is 25.0 Å². The molecule has 0 spiro atoms. The second-order valence-electron chi connectivity index (χ2n) is 5.54. The van der Waals surface area contributed by atoms with Gasteiger partial charge >= 0.3 is 6.18 Å². The summed E-state index contributed by atoms with van der Waals surface area (Å²) in [4.78, 5) is 20.0. The molecule has 1 aromatic carbocycles. The molecule has 2 aromatic rings. The third kappa shape index (κ3) is 3.56. The molecule has 1 amide bonds. The summed E-state index contributed by atoms with van der Waals surface area (Å²) in [6.07, 6.45) is -3.12. The minimum Gasteiger partial charge on any atom is -0.336 e. The molecule has 1 saturated heterocycles. The fourth-order valence-corrected chi connectivity index (χ4v) is 2.72. The Morgan fingerprint density at radius 1 is 1.17 bits per heavy atom. The van der Waals surface area contributed by atoms with Gasteiger partial charge in [0.05, 0.1) is 17.7 Å². The SMILES string of the molecule is O=C(c1ccccc1C(F)(F)F)N1CCN(Cc2ncn[nH]2)CC1. The Kier molecular flexibility index (Phi) is 4.52. The maximum atomic E-state index is 13.1. The number of aromatic amines is 1. The highest BCUT2D eigenvalue weighted by atomic mass is 19.4. The van der Waals surface area contributed by atoms with E-state index in [0.29, 0.717) is 32.7 Å². The van der Waals surface area contributed by atoms with E-state index < -0.39 is 17.6 Å². The topological polar surface area (TPSA) is 65.1 Å². The molecule has 0 bridgehead atoms. The lowest BCUT2D eigenvalue weighted by Crippen LogP contribution is -2.48. The lowest BCUT2D eigenvalue weighted by Gasteiger charge is -2.34. The molecule has 128 valence electrons. The zero-order chi connectivity index (χ0) is 17.2. The summed E-state index contributed by atoms with van der Waals surface area (Å²) in [6, 6.07) is 4.90. The Morgan fingerprint density at radius 2 is 1.88 bits per heavy atom. The number of nitrogens with one attached hydrogen (secondary N) is 1. The van der Waals surface area contributed by atoms with Crippen LogP contribution in [0.4, 0.5) is 13.2 Å². The molecule has 1 fully saturated rings. The number of carbonyl (C=O) groups excluding carboxylic acids is 1. The average Bonchev–Trinajstić information content (AvgIpc) is 3.07. The third-order valence-corrected chi connectivity index (χ3v) is 3.96. The van der Waals surface area contributed by atoms with E-state index in [1.54, 1.807) is 0 Å². The van der Waals surface area contributed by atoms with E-state index >= 15 is 0 Å². The molecule has 9 heteroatoms. The summed E-state index contributed by atoms with van der Waals surface area (Å²) in [5, 5.41) is 6.53. The molecule has 1 aliphatic rings. The molecule has 0 atom stereocenters. The van der Waals surface area contributed by atoms with Crippen molar-refractivity contribution in [3.05, 3.63) is 47.5 Å². The summed E-state index contributed by atoms with van der Waals surface area (Å²) in [5.74, 6) is 0.138. The first-order valence-corrected chi connectivity index (χ1v) is 7.47. The smallest absolute Gasteiger partial charge is 0.336 e. The van der Waals surface area contributed by atoms with Crippen LogP contribution in [0, 0.1) is 0 Å². The zero-order valence-electron chi connectivity index (χ0n) is 12.8. The van der Waals surface area contributed by atoms with Crippen LogP contribution in [0.5, 0.6) is 0 Å². The number of H-pyrrole nitrogens is 1. The van der Waals surface area contributed by atoms with Crippen LogP contribution in [0.2, 0.25) is 0 Å². The largest absolute Gasteiger partial charge is 0.417 e. The Balaban J connectivity index is 1.66. The first-order valence-electron chi connectivity index (χ1n) is 7.47. The molecular formula is C15H16F3N5O. The summed E-state index contributed by atoms with van der Waals surface area (Å²) < 4.78 is 39.2. The van der Waals surface area contributed by atoms with Gasteiger partial charge in [-0.3, -0.25) is 14.8 Å². The summed E-state index contributed by atoms with van der Waals surface area (Å²) in [5.41, 5.74) is -1.19. The summed E-state index contributed by atoms with van der Waals surface area (Å²) in [7, 11) is 0. The molecule has 0 unspecified atom stereocenters. The molecule has 2 heterocycles. The van der Waals surface area contributed by atoms with E-state index in [2.05, 4.69) is 20.1 Å². The van der Waals surface area contributed by atoms with Crippen molar-refractivity contribution in [2.75, 3.05) is 26.2 Å². The monoisotopic (exact) mass is 339 g/mol. The third-order valence-electron chi connectivity index (χ3n) is 3.96. The zero-order valence-corrected chi connectivity index (χ0v) is 12.8. The van der Waals surface area contributed by atoms with Crippen molar-refractivity contribution < 1.29 is 18.0 Å². The van der Waals surface area contributed by atoms with Gasteiger partial charge in [0.25, 0.3) is 5.91 Å². The van der Waals surface area contributed by atoms with E-state index in [0.717, 1.165) is 11.9 Å². The Bertz CT molecular complexity index is 693. The highest BCUT2D eigenvalue weighted by Crippen LogP contribution is 2.32. The molecule has 24 heavy (non-hydrogen) atoms. The van der Waals surface area contributed by atoms with Crippen LogP contribution in [0.1, 0.15) is 21.7 Å². The van der Waals surface area contributed by atoms with E-state index in [4.69, 9.17) is 0 Å². The van der Waals surface area contributed by atoms with Gasteiger partial charge < -0.3 is 4.90 Å². The van der Waals surface area contributed by atoms with E-state index in [1.807, 2.05) is 0 Å². The van der Waals surface area contributed by atoms with Gasteiger partial charge in [-0.25, -0.2) is 4.98 Å². The second-order valence-corrected chi connectivity index (χ2v) is 5.54. The fraction of sp³-hybridized carbons (Fsp3) is 0.400. The number of amides is 1. The highest BCUT2D eigenvalue weighted by molar-refractivity contribution is 5.96. The van der Waals surface area contributed by atoms with Gasteiger partial charge in [-0.2, -0.15) is 18.3 Å². The average molecular weight is 339 g/mol. The highest BCUT2D eigenvalue weighted by Gasteiger charge is 2.36. The normalized spacial score (nSPS) is 16.4. The minimum absolute atomic E-state index is 0.298. The van der Waals surface area contributed by atoms with E-state index in [-0.39, 0.29) is 5.56 Å². The lowest BCUT2D eigenvalue weighted by atomic mass is 10.1. The van der Waals surface area contributed by atoms with Gasteiger partial charge in [0.15, 0.2) is 0 Å². The maximum absolute atomic E-state index is 13.1. The number of aromatic nitrogens is 3. The molecule has 1 N–H and O–H groups in total. The van der Waals surface area contributed by atoms with Crippen molar-refractivity contribution in [3.63, 3.8) is 0 Å². The second kappa shape index (κ2) is 6.60. The predicted octanol–water partition coefficient (Wildman–Crippen LogP) is 1.78. The molecule has 0 aliphatic carbocycles. The van der Waals surface area contributed by atoms with Crippen LogP contribution in [-0.2, 0) is 12.7 Å². The van der Waals surface area contributed by atoms with E-state index in [1.165, 1.54) is 29.4 Å². The van der Waals surface area contributed by atoms with Gasteiger partial charge in [-0.05, 0) is 12.1 Å². The van der Waals surface area contributed by atoms with Gasteiger partial charge in [-0.1, -0.05) is 12.1 Å². The number of piperazine rings is 1.